The summed E-state index contributed by atoms with van der Waals surface area (Å²) in [6.07, 6.45) is 1.69. The second-order valence-corrected chi connectivity index (χ2v) is 12.5. The number of amides is 2. The molecule has 12 heteroatoms. The number of carbonyl (C=O) groups is 2. The number of anilines is 1. The second kappa shape index (κ2) is 15.8. The van der Waals surface area contributed by atoms with Gasteiger partial charge in [-0.15, -0.1) is 0 Å². The van der Waals surface area contributed by atoms with E-state index in [0.717, 1.165) is 34.8 Å². The monoisotopic (exact) mass is 646 g/mol. The van der Waals surface area contributed by atoms with Crippen molar-refractivity contribution >= 4 is 33.2 Å². The van der Waals surface area contributed by atoms with E-state index in [1.807, 2.05) is 37.3 Å². The summed E-state index contributed by atoms with van der Waals surface area (Å²) in [4.78, 5) is 40.0. The van der Waals surface area contributed by atoms with E-state index in [1.54, 1.807) is 18.2 Å². The summed E-state index contributed by atoms with van der Waals surface area (Å²) < 4.78 is 42.6. The number of nitrogens with zero attached hydrogens (tertiary/aromatic N) is 3. The first-order valence-corrected chi connectivity index (χ1v) is 16.2. The summed E-state index contributed by atoms with van der Waals surface area (Å²) in [5, 5.41) is 14.2. The molecule has 0 aliphatic heterocycles. The van der Waals surface area contributed by atoms with Gasteiger partial charge in [0, 0.05) is 31.6 Å². The van der Waals surface area contributed by atoms with Crippen LogP contribution in [-0.2, 0) is 32.6 Å². The van der Waals surface area contributed by atoms with Gasteiger partial charge in [-0.2, -0.15) is 0 Å². The van der Waals surface area contributed by atoms with Gasteiger partial charge in [0.1, 0.15) is 18.4 Å². The summed E-state index contributed by atoms with van der Waals surface area (Å²) in [5.41, 5.74) is 1.08. The number of hydrogen-bond acceptors (Lipinski definition) is 6. The molecule has 46 heavy (non-hydrogen) atoms. The van der Waals surface area contributed by atoms with Crippen LogP contribution in [0.15, 0.2) is 114 Å². The minimum atomic E-state index is -4.35. The Morgan fingerprint density at radius 2 is 1.48 bits per heavy atom. The number of non-ortho nitro benzene ring substituents is 1. The summed E-state index contributed by atoms with van der Waals surface area (Å²) in [7, 11) is -4.35. The third-order valence-corrected chi connectivity index (χ3v) is 9.11. The Hall–Kier alpha value is -5.10. The molecule has 0 spiro atoms. The second-order valence-electron chi connectivity index (χ2n) is 10.6. The quantitative estimate of drug-likeness (QED) is 0.103. The SMILES string of the molecule is CCCCNC(=O)[C@@H](Cc1ccccc1)N(Cc1ccc(F)cc1)C(=O)CN(c1ccc([N+](=O)[O-])cc1)S(=O)(=O)c1ccccc1. The van der Waals surface area contributed by atoms with Crippen LogP contribution in [0.3, 0.4) is 0 Å². The molecular weight excluding hydrogens is 611 g/mol. The van der Waals surface area contributed by atoms with Gasteiger partial charge in [-0.3, -0.25) is 24.0 Å². The Morgan fingerprint density at radius 1 is 0.870 bits per heavy atom. The van der Waals surface area contributed by atoms with Gasteiger partial charge in [-0.25, -0.2) is 12.8 Å². The van der Waals surface area contributed by atoms with Crippen molar-refractivity contribution in [2.24, 2.45) is 0 Å². The molecule has 0 unspecified atom stereocenters. The van der Waals surface area contributed by atoms with Crippen molar-refractivity contribution in [1.82, 2.24) is 10.2 Å². The zero-order valence-corrected chi connectivity index (χ0v) is 26.1. The van der Waals surface area contributed by atoms with Gasteiger partial charge < -0.3 is 10.2 Å². The number of nitrogens with one attached hydrogen (secondary N) is 1. The van der Waals surface area contributed by atoms with Gasteiger partial charge in [-0.05, 0) is 53.9 Å². The van der Waals surface area contributed by atoms with Crippen LogP contribution in [0.5, 0.6) is 0 Å². The number of hydrogen-bond donors (Lipinski definition) is 1. The summed E-state index contributed by atoms with van der Waals surface area (Å²) in [6.45, 7) is 1.54. The third kappa shape index (κ3) is 8.75. The van der Waals surface area contributed by atoms with Crippen molar-refractivity contribution in [2.45, 2.75) is 43.7 Å². The van der Waals surface area contributed by atoms with E-state index in [-0.39, 0.29) is 29.2 Å². The molecule has 10 nitrogen and oxygen atoms in total. The number of carbonyl (C=O) groups excluding carboxylic acids is 2. The van der Waals surface area contributed by atoms with Gasteiger partial charge in [-0.1, -0.05) is 74.0 Å². The summed E-state index contributed by atoms with van der Waals surface area (Å²) in [5.74, 6) is -1.59. The summed E-state index contributed by atoms with van der Waals surface area (Å²) >= 11 is 0. The minimum Gasteiger partial charge on any atom is -0.354 e. The molecule has 0 radical (unpaired) electrons. The molecule has 240 valence electrons. The van der Waals surface area contributed by atoms with Crippen LogP contribution < -0.4 is 9.62 Å². The van der Waals surface area contributed by atoms with Crippen LogP contribution in [0, 0.1) is 15.9 Å². The highest BCUT2D eigenvalue weighted by molar-refractivity contribution is 7.92. The predicted molar refractivity (Wildman–Crippen MR) is 173 cm³/mol. The molecule has 4 aromatic carbocycles. The molecule has 1 N–H and O–H groups in total. The zero-order valence-electron chi connectivity index (χ0n) is 25.3. The number of nitro benzene ring substituents is 1. The first-order chi connectivity index (χ1) is 22.1. The van der Waals surface area contributed by atoms with Gasteiger partial charge in [0.25, 0.3) is 15.7 Å². The Labute approximate surface area is 267 Å². The Morgan fingerprint density at radius 3 is 2.07 bits per heavy atom. The van der Waals surface area contributed by atoms with Crippen LogP contribution in [0.2, 0.25) is 0 Å². The van der Waals surface area contributed by atoms with Crippen LogP contribution in [0.25, 0.3) is 0 Å². The third-order valence-electron chi connectivity index (χ3n) is 7.33. The summed E-state index contributed by atoms with van der Waals surface area (Å²) in [6, 6.07) is 25.9. The molecule has 0 bridgehead atoms. The van der Waals surface area contributed by atoms with Crippen LogP contribution in [0.1, 0.15) is 30.9 Å². The van der Waals surface area contributed by atoms with Crippen molar-refractivity contribution in [2.75, 3.05) is 17.4 Å². The minimum absolute atomic E-state index is 0.0246. The highest BCUT2D eigenvalue weighted by Gasteiger charge is 2.34. The maximum atomic E-state index is 14.4. The first kappa shape index (κ1) is 33.8. The van der Waals surface area contributed by atoms with E-state index in [9.17, 15) is 32.5 Å². The largest absolute Gasteiger partial charge is 0.354 e. The van der Waals surface area contributed by atoms with Crippen LogP contribution in [0.4, 0.5) is 15.8 Å². The highest BCUT2D eigenvalue weighted by atomic mass is 32.2. The zero-order chi connectivity index (χ0) is 33.1. The molecular formula is C34H35FN4O6S. The number of halogens is 1. The number of sulfonamides is 1. The Kier molecular flexibility index (Phi) is 11.6. The topological polar surface area (TPSA) is 130 Å². The normalized spacial score (nSPS) is 11.8. The van der Waals surface area contributed by atoms with Crippen molar-refractivity contribution in [3.63, 3.8) is 0 Å². The van der Waals surface area contributed by atoms with Crippen LogP contribution in [-0.4, -0.2) is 49.2 Å². The number of nitro groups is 1. The maximum Gasteiger partial charge on any atom is 0.269 e. The molecule has 0 saturated carbocycles. The predicted octanol–water partition coefficient (Wildman–Crippen LogP) is 5.49. The molecule has 4 rings (SSSR count). The lowest BCUT2D eigenvalue weighted by Crippen LogP contribution is -2.53. The van der Waals surface area contributed by atoms with Crippen molar-refractivity contribution in [3.8, 4) is 0 Å². The molecule has 4 aromatic rings. The fourth-order valence-corrected chi connectivity index (χ4v) is 6.27. The lowest BCUT2D eigenvalue weighted by atomic mass is 10.0. The molecule has 2 amide bonds. The maximum absolute atomic E-state index is 14.4. The van der Waals surface area contributed by atoms with Crippen molar-refractivity contribution < 1.29 is 27.3 Å². The molecule has 0 aliphatic rings. The Balaban J connectivity index is 1.79. The van der Waals surface area contributed by atoms with Gasteiger partial charge in [0.05, 0.1) is 15.5 Å². The van der Waals surface area contributed by atoms with Crippen molar-refractivity contribution in [1.29, 1.82) is 0 Å². The van der Waals surface area contributed by atoms with E-state index in [0.29, 0.717) is 12.1 Å². The molecule has 0 saturated heterocycles. The smallest absolute Gasteiger partial charge is 0.269 e. The molecule has 0 aliphatic carbocycles. The van der Waals surface area contributed by atoms with E-state index in [4.69, 9.17) is 0 Å². The van der Waals surface area contributed by atoms with Gasteiger partial charge >= 0.3 is 0 Å². The molecule has 0 heterocycles. The standard InChI is InChI=1S/C34H35FN4O6S/c1-2-3-22-36-34(41)32(23-26-10-6-4-7-11-26)37(24-27-14-16-28(35)17-15-27)33(40)25-38(29-18-20-30(21-19-29)39(42)43)46(44,45)31-12-8-5-9-13-31/h4-21,32H,2-3,22-25H2,1H3,(H,36,41)/t32-/m1/s1. The highest BCUT2D eigenvalue weighted by Crippen LogP contribution is 2.27. The Bertz CT molecular complexity index is 1720. The number of unbranched alkanes of at least 4 members (excludes halogenated alkanes) is 1. The van der Waals surface area contributed by atoms with E-state index in [2.05, 4.69) is 5.32 Å². The molecule has 0 aromatic heterocycles. The fraction of sp³-hybridized carbons (Fsp3) is 0.235. The van der Waals surface area contributed by atoms with Crippen LogP contribution >= 0.6 is 0 Å². The van der Waals surface area contributed by atoms with Crippen molar-refractivity contribution in [3.05, 3.63) is 136 Å². The van der Waals surface area contributed by atoms with E-state index >= 15 is 0 Å². The molecule has 0 fully saturated rings. The van der Waals surface area contributed by atoms with E-state index < -0.39 is 45.2 Å². The fourth-order valence-electron chi connectivity index (χ4n) is 4.84. The average molecular weight is 647 g/mol. The number of benzene rings is 4. The van der Waals surface area contributed by atoms with Gasteiger partial charge in [0.15, 0.2) is 0 Å². The first-order valence-electron chi connectivity index (χ1n) is 14.8. The molecule has 1 atom stereocenters. The van der Waals surface area contributed by atoms with E-state index in [1.165, 1.54) is 53.4 Å². The average Bonchev–Trinajstić information content (AvgIpc) is 3.07. The number of rotatable bonds is 15. The van der Waals surface area contributed by atoms with Gasteiger partial charge in [0.2, 0.25) is 11.8 Å². The lowest BCUT2D eigenvalue weighted by molar-refractivity contribution is -0.384. The lowest BCUT2D eigenvalue weighted by Gasteiger charge is -2.34.